The van der Waals surface area contributed by atoms with Gasteiger partial charge in [-0.05, 0) is 17.5 Å². The zero-order valence-corrected chi connectivity index (χ0v) is 27.6. The summed E-state index contributed by atoms with van der Waals surface area (Å²) in [4.78, 5) is 51.9. The Morgan fingerprint density at radius 1 is 0.652 bits per heavy atom. The molecule has 0 aliphatic carbocycles. The maximum atomic E-state index is 13.3. The van der Waals surface area contributed by atoms with Crippen LogP contribution in [0, 0.1) is 0 Å². The molecule has 0 fully saturated rings. The average Bonchev–Trinajstić information content (AvgIpc) is 3.07. The molecule has 0 amide bonds. The topological polar surface area (TPSA) is 125 Å². The molecule has 2 unspecified atom stereocenters. The highest BCUT2D eigenvalue weighted by Gasteiger charge is 2.54. The predicted octanol–water partition coefficient (Wildman–Crippen LogP) is 7.16. The minimum absolute atomic E-state index is 0.0341. The van der Waals surface area contributed by atoms with Crippen LogP contribution in [0.1, 0.15) is 114 Å². The third-order valence-corrected chi connectivity index (χ3v) is 7.81. The van der Waals surface area contributed by atoms with Crippen LogP contribution in [0.3, 0.4) is 0 Å². The van der Waals surface area contributed by atoms with Crippen molar-refractivity contribution in [3.63, 3.8) is 0 Å². The second-order valence-electron chi connectivity index (χ2n) is 11.7. The smallest absolute Gasteiger partial charge is 0.351 e. The van der Waals surface area contributed by atoms with Crippen LogP contribution in [0.5, 0.6) is 0 Å². The van der Waals surface area contributed by atoms with Crippen LogP contribution >= 0.6 is 0 Å². The highest BCUT2D eigenvalue weighted by atomic mass is 16.6. The Labute approximate surface area is 274 Å². The maximum absolute atomic E-state index is 13.3. The van der Waals surface area contributed by atoms with Crippen molar-refractivity contribution >= 4 is 23.9 Å². The third kappa shape index (κ3) is 15.0. The maximum Gasteiger partial charge on any atom is 0.351 e. The monoisotopic (exact) mass is 640 g/mol. The van der Waals surface area contributed by atoms with Gasteiger partial charge in [-0.25, -0.2) is 9.59 Å². The van der Waals surface area contributed by atoms with Crippen LogP contribution < -0.4 is 0 Å². The van der Waals surface area contributed by atoms with Crippen molar-refractivity contribution in [3.8, 4) is 0 Å². The van der Waals surface area contributed by atoms with Gasteiger partial charge in [0.1, 0.15) is 13.2 Å². The van der Waals surface area contributed by atoms with Crippen LogP contribution in [0.2, 0.25) is 0 Å². The first kappa shape index (κ1) is 38.5. The number of carbonyl (C=O) groups is 4. The summed E-state index contributed by atoms with van der Waals surface area (Å²) in [5.41, 5.74) is -1.64. The molecule has 254 valence electrons. The molecule has 0 aliphatic rings. The summed E-state index contributed by atoms with van der Waals surface area (Å²) in [5.74, 6) is -4.32. The molecule has 0 saturated heterocycles. The van der Waals surface area contributed by atoms with Gasteiger partial charge in [0.25, 0.3) is 0 Å². The van der Waals surface area contributed by atoms with Gasteiger partial charge in [0, 0.05) is 6.42 Å². The Morgan fingerprint density at radius 2 is 1.11 bits per heavy atom. The van der Waals surface area contributed by atoms with Crippen molar-refractivity contribution in [1.82, 2.24) is 0 Å². The van der Waals surface area contributed by atoms with Gasteiger partial charge in [-0.2, -0.15) is 0 Å². The zero-order valence-electron chi connectivity index (χ0n) is 27.6. The SMILES string of the molecule is CCCCCCCCCCCCCCCC(=O)OC(C(=O)OCc1ccccc1)C(O)(CC(=O)OC)C(=O)OCc1ccccc1. The van der Waals surface area contributed by atoms with Gasteiger partial charge in [0.2, 0.25) is 11.7 Å². The summed E-state index contributed by atoms with van der Waals surface area (Å²) in [6.45, 7) is 1.77. The van der Waals surface area contributed by atoms with Gasteiger partial charge in [0.15, 0.2) is 0 Å². The Kier molecular flexibility index (Phi) is 19.0. The summed E-state index contributed by atoms with van der Waals surface area (Å²) >= 11 is 0. The first-order valence-electron chi connectivity index (χ1n) is 16.7. The Hall–Kier alpha value is -3.72. The zero-order chi connectivity index (χ0) is 33.5. The minimum atomic E-state index is -2.89. The lowest BCUT2D eigenvalue weighted by atomic mass is 9.92. The fraction of sp³-hybridized carbons (Fsp3) is 0.568. The molecule has 2 aromatic rings. The molecule has 2 rings (SSSR count). The van der Waals surface area contributed by atoms with Crippen molar-refractivity contribution in [2.45, 2.75) is 128 Å². The Morgan fingerprint density at radius 3 is 1.59 bits per heavy atom. The number of carbonyl (C=O) groups excluding carboxylic acids is 4. The van der Waals surface area contributed by atoms with Gasteiger partial charge in [-0.15, -0.1) is 0 Å². The molecule has 9 nitrogen and oxygen atoms in total. The van der Waals surface area contributed by atoms with Crippen molar-refractivity contribution in [1.29, 1.82) is 0 Å². The van der Waals surface area contributed by atoms with E-state index in [9.17, 15) is 24.3 Å². The normalized spacial score (nSPS) is 12.8. The second-order valence-corrected chi connectivity index (χ2v) is 11.7. The van der Waals surface area contributed by atoms with Crippen LogP contribution in [-0.2, 0) is 51.3 Å². The van der Waals surface area contributed by atoms with Crippen LogP contribution in [0.15, 0.2) is 60.7 Å². The Balaban J connectivity index is 1.98. The van der Waals surface area contributed by atoms with E-state index in [1.54, 1.807) is 60.7 Å². The number of esters is 4. The first-order valence-corrected chi connectivity index (χ1v) is 16.7. The molecule has 0 bridgehead atoms. The van der Waals surface area contributed by atoms with Crippen LogP contribution in [0.25, 0.3) is 0 Å². The second kappa shape index (κ2) is 22.7. The number of methoxy groups -OCH3 is 1. The molecule has 0 aliphatic heterocycles. The molecule has 0 heterocycles. The number of benzene rings is 2. The molecule has 2 aromatic carbocycles. The van der Waals surface area contributed by atoms with E-state index in [2.05, 4.69) is 11.7 Å². The molecule has 46 heavy (non-hydrogen) atoms. The van der Waals surface area contributed by atoms with E-state index in [0.717, 1.165) is 32.8 Å². The van der Waals surface area contributed by atoms with Crippen molar-refractivity contribution in [2.24, 2.45) is 0 Å². The largest absolute Gasteiger partial charge is 0.469 e. The molecule has 9 heteroatoms. The van der Waals surface area contributed by atoms with E-state index >= 15 is 0 Å². The lowest BCUT2D eigenvalue weighted by molar-refractivity contribution is -0.204. The fourth-order valence-corrected chi connectivity index (χ4v) is 5.03. The summed E-state index contributed by atoms with van der Waals surface area (Å²) in [7, 11) is 1.07. The summed E-state index contributed by atoms with van der Waals surface area (Å²) in [5, 5.41) is 11.6. The molecule has 0 radical (unpaired) electrons. The predicted molar refractivity (Wildman–Crippen MR) is 174 cm³/mol. The van der Waals surface area contributed by atoms with Gasteiger partial charge in [-0.1, -0.05) is 145 Å². The van der Waals surface area contributed by atoms with Gasteiger partial charge in [-0.3, -0.25) is 9.59 Å². The van der Waals surface area contributed by atoms with E-state index in [0.29, 0.717) is 17.5 Å². The highest BCUT2D eigenvalue weighted by Crippen LogP contribution is 2.25. The number of ether oxygens (including phenoxy) is 4. The van der Waals surface area contributed by atoms with E-state index in [1.807, 2.05) is 0 Å². The van der Waals surface area contributed by atoms with Crippen LogP contribution in [-0.4, -0.2) is 47.8 Å². The minimum Gasteiger partial charge on any atom is -0.469 e. The van der Waals surface area contributed by atoms with Crippen molar-refractivity contribution < 1.29 is 43.2 Å². The number of unbranched alkanes of at least 4 members (excludes halogenated alkanes) is 12. The molecular weight excluding hydrogens is 588 g/mol. The van der Waals surface area contributed by atoms with Gasteiger partial charge < -0.3 is 24.1 Å². The quantitative estimate of drug-likeness (QED) is 0.0723. The molecule has 0 saturated carbocycles. The number of aliphatic hydroxyl groups is 1. The average molecular weight is 641 g/mol. The molecule has 1 N–H and O–H groups in total. The first-order chi connectivity index (χ1) is 22.3. The molecule has 2 atom stereocenters. The highest BCUT2D eigenvalue weighted by molar-refractivity contribution is 5.94. The third-order valence-electron chi connectivity index (χ3n) is 7.81. The van der Waals surface area contributed by atoms with E-state index in [4.69, 9.17) is 14.2 Å². The van der Waals surface area contributed by atoms with Crippen LogP contribution in [0.4, 0.5) is 0 Å². The summed E-state index contributed by atoms with van der Waals surface area (Å²) in [6, 6.07) is 17.4. The van der Waals surface area contributed by atoms with Gasteiger partial charge in [0.05, 0.1) is 13.5 Å². The number of hydrogen-bond donors (Lipinski definition) is 1. The number of hydrogen-bond acceptors (Lipinski definition) is 9. The lowest BCUT2D eigenvalue weighted by Crippen LogP contribution is -2.57. The van der Waals surface area contributed by atoms with Gasteiger partial charge >= 0.3 is 23.9 Å². The summed E-state index contributed by atoms with van der Waals surface area (Å²) in [6.07, 6.45) is 11.6. The van der Waals surface area contributed by atoms with E-state index in [1.165, 1.54) is 51.4 Å². The number of rotatable bonds is 24. The van der Waals surface area contributed by atoms with E-state index < -0.39 is 42.0 Å². The fourth-order valence-electron chi connectivity index (χ4n) is 5.03. The van der Waals surface area contributed by atoms with E-state index in [-0.39, 0.29) is 19.6 Å². The Bertz CT molecular complexity index is 1150. The van der Waals surface area contributed by atoms with Crippen molar-refractivity contribution in [2.75, 3.05) is 7.11 Å². The molecule has 0 spiro atoms. The molecular formula is C37H52O9. The standard InChI is InChI=1S/C37H52O9/c1-3-4-5-6-7-8-9-10-11-12-13-14-21-26-32(38)46-34(35(40)44-28-30-22-17-15-18-23-30)37(42,27-33(39)43-2)36(41)45-29-31-24-19-16-20-25-31/h15-20,22-25,34,42H,3-14,21,26-29H2,1-2H3. The summed E-state index contributed by atoms with van der Waals surface area (Å²) < 4.78 is 20.7. The molecule has 0 aromatic heterocycles. The lowest BCUT2D eigenvalue weighted by Gasteiger charge is -2.31. The van der Waals surface area contributed by atoms with Crippen molar-refractivity contribution in [3.05, 3.63) is 71.8 Å².